The third kappa shape index (κ3) is 6.48. The lowest BCUT2D eigenvalue weighted by atomic mass is 10.1. The molecule has 4 rings (SSSR count). The summed E-state index contributed by atoms with van der Waals surface area (Å²) in [6, 6.07) is 33.4. The van der Waals surface area contributed by atoms with E-state index in [0.717, 1.165) is 33.5 Å². The van der Waals surface area contributed by atoms with Gasteiger partial charge in [-0.05, 0) is 61.7 Å². The van der Waals surface area contributed by atoms with Crippen molar-refractivity contribution in [1.82, 2.24) is 5.32 Å². The van der Waals surface area contributed by atoms with E-state index in [9.17, 15) is 9.59 Å². The Balaban J connectivity index is 1.51. The van der Waals surface area contributed by atoms with Crippen molar-refractivity contribution in [3.63, 3.8) is 0 Å². The highest BCUT2D eigenvalue weighted by Gasteiger charge is 2.19. The van der Waals surface area contributed by atoms with Crippen molar-refractivity contribution in [1.29, 1.82) is 0 Å². The van der Waals surface area contributed by atoms with Crippen LogP contribution in [0, 0.1) is 13.8 Å². The fourth-order valence-corrected chi connectivity index (χ4v) is 4.22. The first-order valence-electron chi connectivity index (χ1n) is 12.3. The van der Waals surface area contributed by atoms with Crippen molar-refractivity contribution in [2.75, 3.05) is 4.90 Å². The standard InChI is InChI=1S/C32H32N2O2/c1-23-12-16-29(17-13-23)32(36)34(22-27-9-7-8-24(2)20-27)30-18-14-26(15-19-30)21-31(35)33-25(3)28-10-5-4-6-11-28/h4-20,25H,21-22H2,1-3H3,(H,33,35)/t25-/m0/s1. The number of anilines is 1. The number of carbonyl (C=O) groups excluding carboxylic acids is 2. The molecule has 182 valence electrons. The molecule has 0 bridgehead atoms. The number of hydrogen-bond donors (Lipinski definition) is 1. The van der Waals surface area contributed by atoms with E-state index in [-0.39, 0.29) is 24.3 Å². The number of benzene rings is 4. The van der Waals surface area contributed by atoms with Crippen LogP contribution in [0.5, 0.6) is 0 Å². The number of hydrogen-bond acceptors (Lipinski definition) is 2. The molecule has 0 unspecified atom stereocenters. The SMILES string of the molecule is Cc1ccc(C(=O)N(Cc2cccc(C)c2)c2ccc(CC(=O)N[C@@H](C)c3ccccc3)cc2)cc1. The summed E-state index contributed by atoms with van der Waals surface area (Å²) < 4.78 is 0. The number of aryl methyl sites for hydroxylation is 2. The molecule has 1 atom stereocenters. The molecule has 1 N–H and O–H groups in total. The normalized spacial score (nSPS) is 11.5. The van der Waals surface area contributed by atoms with Crippen molar-refractivity contribution in [2.45, 2.75) is 39.8 Å². The van der Waals surface area contributed by atoms with Crippen LogP contribution in [0.2, 0.25) is 0 Å². The maximum absolute atomic E-state index is 13.5. The summed E-state index contributed by atoms with van der Waals surface area (Å²) in [6.07, 6.45) is 0.279. The van der Waals surface area contributed by atoms with Gasteiger partial charge in [-0.3, -0.25) is 9.59 Å². The van der Waals surface area contributed by atoms with Crippen LogP contribution >= 0.6 is 0 Å². The van der Waals surface area contributed by atoms with E-state index in [4.69, 9.17) is 0 Å². The highest BCUT2D eigenvalue weighted by atomic mass is 16.2. The van der Waals surface area contributed by atoms with Gasteiger partial charge in [0.15, 0.2) is 0 Å². The first kappa shape index (κ1) is 24.9. The smallest absolute Gasteiger partial charge is 0.258 e. The van der Waals surface area contributed by atoms with Gasteiger partial charge in [-0.15, -0.1) is 0 Å². The van der Waals surface area contributed by atoms with Crippen molar-refractivity contribution in [3.8, 4) is 0 Å². The fourth-order valence-electron chi connectivity index (χ4n) is 4.22. The summed E-state index contributed by atoms with van der Waals surface area (Å²) in [7, 11) is 0. The summed E-state index contributed by atoms with van der Waals surface area (Å²) in [5.74, 6) is -0.0925. The fraction of sp³-hybridized carbons (Fsp3) is 0.188. The molecule has 2 amide bonds. The molecule has 4 nitrogen and oxygen atoms in total. The minimum absolute atomic E-state index is 0.0357. The van der Waals surface area contributed by atoms with E-state index in [0.29, 0.717) is 12.1 Å². The lowest BCUT2D eigenvalue weighted by Gasteiger charge is -2.24. The average molecular weight is 477 g/mol. The molecule has 0 fully saturated rings. The second kappa shape index (κ2) is 11.5. The first-order chi connectivity index (χ1) is 17.4. The zero-order valence-corrected chi connectivity index (χ0v) is 21.1. The van der Waals surface area contributed by atoms with Crippen molar-refractivity contribution < 1.29 is 9.59 Å². The topological polar surface area (TPSA) is 49.4 Å². The van der Waals surface area contributed by atoms with Crippen LogP contribution < -0.4 is 10.2 Å². The summed E-state index contributed by atoms with van der Waals surface area (Å²) in [5, 5.41) is 3.06. The van der Waals surface area contributed by atoms with Crippen LogP contribution in [0.4, 0.5) is 5.69 Å². The second-order valence-corrected chi connectivity index (χ2v) is 9.29. The Bertz CT molecular complexity index is 1310. The molecule has 0 saturated heterocycles. The molecule has 4 aromatic rings. The summed E-state index contributed by atoms with van der Waals surface area (Å²) in [4.78, 5) is 28.0. The van der Waals surface area contributed by atoms with E-state index in [1.165, 1.54) is 0 Å². The molecular formula is C32H32N2O2. The Labute approximate surface area is 213 Å². The highest BCUT2D eigenvalue weighted by molar-refractivity contribution is 6.06. The monoisotopic (exact) mass is 476 g/mol. The molecule has 0 spiro atoms. The van der Waals surface area contributed by atoms with Crippen LogP contribution in [-0.2, 0) is 17.8 Å². The molecule has 4 heteroatoms. The number of nitrogens with one attached hydrogen (secondary N) is 1. The predicted octanol–water partition coefficient (Wildman–Crippen LogP) is 6.57. The molecule has 0 radical (unpaired) electrons. The first-order valence-corrected chi connectivity index (χ1v) is 12.3. The number of carbonyl (C=O) groups is 2. The zero-order chi connectivity index (χ0) is 25.5. The summed E-state index contributed by atoms with van der Waals surface area (Å²) in [5.41, 5.74) is 6.74. The lowest BCUT2D eigenvalue weighted by Crippen LogP contribution is -2.30. The summed E-state index contributed by atoms with van der Waals surface area (Å²) in [6.45, 7) is 6.50. The largest absolute Gasteiger partial charge is 0.349 e. The molecule has 4 aromatic carbocycles. The van der Waals surface area contributed by atoms with Gasteiger partial charge in [0.05, 0.1) is 19.0 Å². The van der Waals surface area contributed by atoms with Gasteiger partial charge in [-0.2, -0.15) is 0 Å². The van der Waals surface area contributed by atoms with E-state index >= 15 is 0 Å². The molecule has 0 saturated carbocycles. The molecular weight excluding hydrogens is 444 g/mol. The van der Waals surface area contributed by atoms with Crippen LogP contribution in [0.3, 0.4) is 0 Å². The van der Waals surface area contributed by atoms with Gasteiger partial charge >= 0.3 is 0 Å². The Kier molecular flexibility index (Phi) is 7.96. The van der Waals surface area contributed by atoms with Gasteiger partial charge in [0.1, 0.15) is 0 Å². The average Bonchev–Trinajstić information content (AvgIpc) is 2.88. The van der Waals surface area contributed by atoms with Crippen molar-refractivity contribution in [2.24, 2.45) is 0 Å². The van der Waals surface area contributed by atoms with Gasteiger partial charge in [-0.1, -0.05) is 90.0 Å². The van der Waals surface area contributed by atoms with E-state index < -0.39 is 0 Å². The Morgan fingerprint density at radius 3 is 2.11 bits per heavy atom. The third-order valence-corrected chi connectivity index (χ3v) is 6.26. The van der Waals surface area contributed by atoms with Crippen molar-refractivity contribution in [3.05, 3.63) is 137 Å². The Morgan fingerprint density at radius 1 is 0.750 bits per heavy atom. The van der Waals surface area contributed by atoms with Crippen LogP contribution in [0.1, 0.15) is 51.1 Å². The third-order valence-electron chi connectivity index (χ3n) is 6.26. The molecule has 36 heavy (non-hydrogen) atoms. The van der Waals surface area contributed by atoms with E-state index in [1.54, 1.807) is 4.90 Å². The molecule has 0 aliphatic carbocycles. The van der Waals surface area contributed by atoms with Gasteiger partial charge < -0.3 is 10.2 Å². The minimum Gasteiger partial charge on any atom is -0.349 e. The van der Waals surface area contributed by atoms with Gasteiger partial charge in [0.25, 0.3) is 5.91 Å². The van der Waals surface area contributed by atoms with Gasteiger partial charge in [0, 0.05) is 11.3 Å². The number of amides is 2. The quantitative estimate of drug-likeness (QED) is 0.313. The van der Waals surface area contributed by atoms with Crippen LogP contribution in [0.25, 0.3) is 0 Å². The summed E-state index contributed by atoms with van der Waals surface area (Å²) >= 11 is 0. The van der Waals surface area contributed by atoms with Crippen LogP contribution in [-0.4, -0.2) is 11.8 Å². The Hall–Kier alpha value is -4.18. The maximum Gasteiger partial charge on any atom is 0.258 e. The number of rotatable bonds is 8. The molecule has 0 aliphatic heterocycles. The van der Waals surface area contributed by atoms with E-state index in [1.807, 2.05) is 118 Å². The van der Waals surface area contributed by atoms with E-state index in [2.05, 4.69) is 11.4 Å². The minimum atomic E-state index is -0.0603. The predicted molar refractivity (Wildman–Crippen MR) is 146 cm³/mol. The zero-order valence-electron chi connectivity index (χ0n) is 21.1. The second-order valence-electron chi connectivity index (χ2n) is 9.29. The van der Waals surface area contributed by atoms with Crippen molar-refractivity contribution >= 4 is 17.5 Å². The molecule has 0 heterocycles. The molecule has 0 aromatic heterocycles. The highest BCUT2D eigenvalue weighted by Crippen LogP contribution is 2.22. The Morgan fingerprint density at radius 2 is 1.44 bits per heavy atom. The van der Waals surface area contributed by atoms with Gasteiger partial charge in [-0.25, -0.2) is 0 Å². The maximum atomic E-state index is 13.5. The van der Waals surface area contributed by atoms with Crippen LogP contribution in [0.15, 0.2) is 103 Å². The van der Waals surface area contributed by atoms with Gasteiger partial charge in [0.2, 0.25) is 5.91 Å². The molecule has 0 aliphatic rings. The lowest BCUT2D eigenvalue weighted by molar-refractivity contribution is -0.121. The number of nitrogens with zero attached hydrogens (tertiary/aromatic N) is 1.